The molecule has 2 nitrogen and oxygen atoms in total. The van der Waals surface area contributed by atoms with Gasteiger partial charge in [0.2, 0.25) is 0 Å². The zero-order valence-electron chi connectivity index (χ0n) is 9.72. The molecule has 0 aliphatic carbocycles. The summed E-state index contributed by atoms with van der Waals surface area (Å²) >= 11 is 0. The number of hydrogen-bond acceptors (Lipinski definition) is 2. The van der Waals surface area contributed by atoms with E-state index in [0.29, 0.717) is 0 Å². The monoisotopic (exact) mass is 215 g/mol. The highest BCUT2D eigenvalue weighted by atomic mass is 16.3. The first-order chi connectivity index (χ1) is 7.72. The molecule has 0 fully saturated rings. The summed E-state index contributed by atoms with van der Waals surface area (Å²) in [5.41, 5.74) is 1.72. The minimum Gasteiger partial charge on any atom is -0.387 e. The molecule has 0 amide bonds. The van der Waals surface area contributed by atoms with Crippen LogP contribution in [0.2, 0.25) is 0 Å². The van der Waals surface area contributed by atoms with E-state index in [4.69, 9.17) is 0 Å². The Bertz CT molecular complexity index is 481. The maximum atomic E-state index is 10.1. The second-order valence-electron chi connectivity index (χ2n) is 4.26. The van der Waals surface area contributed by atoms with Crippen molar-refractivity contribution in [1.29, 1.82) is 0 Å². The lowest BCUT2D eigenvalue weighted by Gasteiger charge is -2.16. The van der Waals surface area contributed by atoms with Crippen LogP contribution < -0.4 is 0 Å². The molecule has 2 aromatic rings. The van der Waals surface area contributed by atoms with E-state index in [1.807, 2.05) is 43.3 Å². The third kappa shape index (κ3) is 2.07. The minimum absolute atomic E-state index is 0.244. The molecule has 0 bridgehead atoms. The van der Waals surface area contributed by atoms with E-state index in [0.717, 1.165) is 23.0 Å². The number of fused-ring (bicyclic) bond motifs is 1. The Morgan fingerprint density at radius 1 is 1.19 bits per heavy atom. The molecule has 1 heterocycles. The predicted molar refractivity (Wildman–Crippen MR) is 66.2 cm³/mol. The first kappa shape index (κ1) is 11.1. The van der Waals surface area contributed by atoms with Crippen LogP contribution in [0, 0.1) is 5.92 Å². The smallest absolute Gasteiger partial charge is 0.0985 e. The highest BCUT2D eigenvalue weighted by Gasteiger charge is 2.15. The summed E-state index contributed by atoms with van der Waals surface area (Å²) in [5.74, 6) is 0.244. The van der Waals surface area contributed by atoms with Crippen LogP contribution in [0.1, 0.15) is 32.1 Å². The minimum atomic E-state index is -0.463. The van der Waals surface area contributed by atoms with Crippen molar-refractivity contribution in [3.8, 4) is 0 Å². The third-order valence-corrected chi connectivity index (χ3v) is 3.11. The summed E-state index contributed by atoms with van der Waals surface area (Å²) < 4.78 is 0. The molecule has 2 heteroatoms. The van der Waals surface area contributed by atoms with E-state index in [9.17, 15) is 5.11 Å². The fourth-order valence-corrected chi connectivity index (χ4v) is 1.76. The standard InChI is InChI=1S/C14H17NO/c1-3-10(2)14(16)13-9-8-11-6-4-5-7-12(11)15-13/h4-10,14,16H,3H2,1-2H3. The summed E-state index contributed by atoms with van der Waals surface area (Å²) in [6.07, 6.45) is 0.491. The largest absolute Gasteiger partial charge is 0.387 e. The Labute approximate surface area is 96.0 Å². The normalized spacial score (nSPS) is 14.9. The number of aromatic nitrogens is 1. The second kappa shape index (κ2) is 4.62. The lowest BCUT2D eigenvalue weighted by molar-refractivity contribution is 0.111. The molecule has 0 spiro atoms. The average molecular weight is 215 g/mol. The number of nitrogens with zero attached hydrogens (tertiary/aromatic N) is 1. The van der Waals surface area contributed by atoms with Crippen molar-refractivity contribution in [1.82, 2.24) is 4.98 Å². The molecule has 0 aliphatic heterocycles. The van der Waals surface area contributed by atoms with Crippen LogP contribution in [0.25, 0.3) is 10.9 Å². The van der Waals surface area contributed by atoms with Crippen molar-refractivity contribution in [2.75, 3.05) is 0 Å². The first-order valence-electron chi connectivity index (χ1n) is 5.76. The maximum absolute atomic E-state index is 10.1. The van der Waals surface area contributed by atoms with Gasteiger partial charge in [0.05, 0.1) is 17.3 Å². The number of hydrogen-bond donors (Lipinski definition) is 1. The molecule has 2 rings (SSSR count). The molecule has 1 N–H and O–H groups in total. The summed E-state index contributed by atoms with van der Waals surface area (Å²) in [4.78, 5) is 4.49. The molecule has 0 radical (unpaired) electrons. The number of para-hydroxylation sites is 1. The van der Waals surface area contributed by atoms with Crippen LogP contribution in [-0.2, 0) is 0 Å². The van der Waals surface area contributed by atoms with Crippen molar-refractivity contribution in [3.05, 3.63) is 42.1 Å². The Morgan fingerprint density at radius 3 is 2.69 bits per heavy atom. The molecule has 2 unspecified atom stereocenters. The van der Waals surface area contributed by atoms with Crippen molar-refractivity contribution in [3.63, 3.8) is 0 Å². The van der Waals surface area contributed by atoms with Gasteiger partial charge in [-0.1, -0.05) is 44.5 Å². The van der Waals surface area contributed by atoms with Gasteiger partial charge in [-0.15, -0.1) is 0 Å². The van der Waals surface area contributed by atoms with Crippen LogP contribution in [0.3, 0.4) is 0 Å². The quantitative estimate of drug-likeness (QED) is 0.852. The number of benzene rings is 1. The van der Waals surface area contributed by atoms with Gasteiger partial charge in [0.15, 0.2) is 0 Å². The number of aliphatic hydroxyl groups is 1. The van der Waals surface area contributed by atoms with Crippen LogP contribution in [0.15, 0.2) is 36.4 Å². The Hall–Kier alpha value is -1.41. The fraction of sp³-hybridized carbons (Fsp3) is 0.357. The van der Waals surface area contributed by atoms with Gasteiger partial charge >= 0.3 is 0 Å². The Kier molecular flexibility index (Phi) is 3.20. The molecular weight excluding hydrogens is 198 g/mol. The van der Waals surface area contributed by atoms with Gasteiger partial charge < -0.3 is 5.11 Å². The van der Waals surface area contributed by atoms with E-state index in [1.165, 1.54) is 0 Å². The fourth-order valence-electron chi connectivity index (χ4n) is 1.76. The predicted octanol–water partition coefficient (Wildman–Crippen LogP) is 3.31. The summed E-state index contributed by atoms with van der Waals surface area (Å²) in [6, 6.07) is 11.9. The summed E-state index contributed by atoms with van der Waals surface area (Å²) in [6.45, 7) is 4.12. The van der Waals surface area contributed by atoms with Gasteiger partial charge in [-0.2, -0.15) is 0 Å². The molecule has 0 saturated carbocycles. The van der Waals surface area contributed by atoms with Crippen LogP contribution >= 0.6 is 0 Å². The second-order valence-corrected chi connectivity index (χ2v) is 4.26. The van der Waals surface area contributed by atoms with Gasteiger partial charge in [0.25, 0.3) is 0 Å². The summed E-state index contributed by atoms with van der Waals surface area (Å²) in [5, 5.41) is 11.2. The van der Waals surface area contributed by atoms with Crippen molar-refractivity contribution in [2.24, 2.45) is 5.92 Å². The SMILES string of the molecule is CCC(C)C(O)c1ccc2ccccc2n1. The van der Waals surface area contributed by atoms with E-state index in [-0.39, 0.29) is 5.92 Å². The maximum Gasteiger partial charge on any atom is 0.0985 e. The van der Waals surface area contributed by atoms with E-state index in [2.05, 4.69) is 11.9 Å². The molecule has 0 saturated heterocycles. The number of pyridine rings is 1. The highest BCUT2D eigenvalue weighted by Crippen LogP contribution is 2.24. The molecule has 16 heavy (non-hydrogen) atoms. The van der Waals surface area contributed by atoms with Crippen molar-refractivity contribution >= 4 is 10.9 Å². The highest BCUT2D eigenvalue weighted by molar-refractivity contribution is 5.78. The lowest BCUT2D eigenvalue weighted by Crippen LogP contribution is -2.09. The van der Waals surface area contributed by atoms with E-state index < -0.39 is 6.10 Å². The van der Waals surface area contributed by atoms with E-state index >= 15 is 0 Å². The number of rotatable bonds is 3. The van der Waals surface area contributed by atoms with Crippen LogP contribution in [0.4, 0.5) is 0 Å². The average Bonchev–Trinajstić information content (AvgIpc) is 2.36. The van der Waals surface area contributed by atoms with Gasteiger partial charge in [-0.25, -0.2) is 0 Å². The Balaban J connectivity index is 2.39. The van der Waals surface area contributed by atoms with Gasteiger partial charge in [-0.05, 0) is 18.1 Å². The third-order valence-electron chi connectivity index (χ3n) is 3.11. The molecular formula is C14H17NO. The molecule has 1 aromatic carbocycles. The zero-order valence-corrected chi connectivity index (χ0v) is 9.72. The lowest BCUT2D eigenvalue weighted by atomic mass is 9.98. The molecule has 1 aromatic heterocycles. The van der Waals surface area contributed by atoms with E-state index in [1.54, 1.807) is 0 Å². The van der Waals surface area contributed by atoms with Crippen molar-refractivity contribution in [2.45, 2.75) is 26.4 Å². The molecule has 84 valence electrons. The zero-order chi connectivity index (χ0) is 11.5. The van der Waals surface area contributed by atoms with Crippen LogP contribution in [0.5, 0.6) is 0 Å². The number of aliphatic hydroxyl groups excluding tert-OH is 1. The van der Waals surface area contributed by atoms with Crippen molar-refractivity contribution < 1.29 is 5.11 Å². The van der Waals surface area contributed by atoms with Gasteiger partial charge in [-0.3, -0.25) is 4.98 Å². The van der Waals surface area contributed by atoms with Gasteiger partial charge in [0.1, 0.15) is 0 Å². The first-order valence-corrected chi connectivity index (χ1v) is 5.76. The summed E-state index contributed by atoms with van der Waals surface area (Å²) in [7, 11) is 0. The van der Waals surface area contributed by atoms with Gasteiger partial charge in [0, 0.05) is 5.39 Å². The topological polar surface area (TPSA) is 33.1 Å². The Morgan fingerprint density at radius 2 is 1.94 bits per heavy atom. The molecule has 0 aliphatic rings. The molecule has 2 atom stereocenters. The van der Waals surface area contributed by atoms with Crippen LogP contribution in [-0.4, -0.2) is 10.1 Å².